The number of benzene rings is 2. The number of amides is 1. The van der Waals surface area contributed by atoms with Crippen LogP contribution in [0.3, 0.4) is 0 Å². The number of halogens is 2. The third-order valence-corrected chi connectivity index (χ3v) is 6.22. The van der Waals surface area contributed by atoms with Crippen molar-refractivity contribution in [1.29, 1.82) is 0 Å². The molecule has 3 heterocycles. The van der Waals surface area contributed by atoms with E-state index < -0.39 is 11.6 Å². The number of nitrogens with one attached hydrogen (secondary N) is 1. The molecule has 2 aromatic carbocycles. The van der Waals surface area contributed by atoms with Gasteiger partial charge in [-0.05, 0) is 48.7 Å². The first-order valence-electron chi connectivity index (χ1n) is 11.5. The summed E-state index contributed by atoms with van der Waals surface area (Å²) in [7, 11) is 1.63. The number of hydrogen-bond acceptors (Lipinski definition) is 5. The number of methoxy groups -OCH3 is 1. The zero-order chi connectivity index (χ0) is 24.4. The van der Waals surface area contributed by atoms with Crippen LogP contribution >= 0.6 is 0 Å². The van der Waals surface area contributed by atoms with Crippen molar-refractivity contribution in [2.45, 2.75) is 19.4 Å². The molecular formula is C26H25F2N5O2. The molecule has 0 unspecified atom stereocenters. The van der Waals surface area contributed by atoms with E-state index in [2.05, 4.69) is 15.2 Å². The molecule has 1 atom stereocenters. The Balaban J connectivity index is 1.33. The summed E-state index contributed by atoms with van der Waals surface area (Å²) in [5.41, 5.74) is 2.97. The molecule has 0 spiro atoms. The lowest BCUT2D eigenvalue weighted by molar-refractivity contribution is -0.125. The normalized spacial score (nSPS) is 15.9. The second kappa shape index (κ2) is 9.69. The van der Waals surface area contributed by atoms with Gasteiger partial charge in [0.05, 0.1) is 18.7 Å². The second-order valence-electron chi connectivity index (χ2n) is 8.62. The van der Waals surface area contributed by atoms with E-state index in [-0.39, 0.29) is 18.4 Å². The van der Waals surface area contributed by atoms with Crippen LogP contribution in [0.25, 0.3) is 16.8 Å². The zero-order valence-corrected chi connectivity index (χ0v) is 19.2. The van der Waals surface area contributed by atoms with E-state index in [0.29, 0.717) is 12.1 Å². The quantitative estimate of drug-likeness (QED) is 0.450. The lowest BCUT2D eigenvalue weighted by Gasteiger charge is -2.33. The molecule has 1 aliphatic heterocycles. The molecule has 180 valence electrons. The van der Waals surface area contributed by atoms with E-state index in [0.717, 1.165) is 53.8 Å². The van der Waals surface area contributed by atoms with E-state index in [9.17, 15) is 13.6 Å². The van der Waals surface area contributed by atoms with Crippen LogP contribution in [0.4, 0.5) is 14.6 Å². The monoisotopic (exact) mass is 477 g/mol. The first-order chi connectivity index (χ1) is 17.0. The molecule has 35 heavy (non-hydrogen) atoms. The number of anilines is 1. The van der Waals surface area contributed by atoms with E-state index in [1.54, 1.807) is 24.0 Å². The van der Waals surface area contributed by atoms with Crippen LogP contribution in [0.1, 0.15) is 18.4 Å². The Morgan fingerprint density at radius 1 is 1.17 bits per heavy atom. The zero-order valence-electron chi connectivity index (χ0n) is 19.2. The number of hydrogen-bond donors (Lipinski definition) is 1. The molecule has 1 saturated heterocycles. The van der Waals surface area contributed by atoms with Crippen molar-refractivity contribution in [2.75, 3.05) is 25.1 Å². The average molecular weight is 478 g/mol. The predicted octanol–water partition coefficient (Wildman–Crippen LogP) is 4.22. The average Bonchev–Trinajstić information content (AvgIpc) is 3.31. The predicted molar refractivity (Wildman–Crippen MR) is 128 cm³/mol. The number of nitrogens with zero attached hydrogens (tertiary/aromatic N) is 4. The van der Waals surface area contributed by atoms with Gasteiger partial charge in [-0.1, -0.05) is 12.1 Å². The summed E-state index contributed by atoms with van der Waals surface area (Å²) in [6.45, 7) is 1.34. The summed E-state index contributed by atoms with van der Waals surface area (Å²) < 4.78 is 34.0. The van der Waals surface area contributed by atoms with Gasteiger partial charge in [0.25, 0.3) is 0 Å². The van der Waals surface area contributed by atoms with Crippen molar-refractivity contribution >= 4 is 17.2 Å². The summed E-state index contributed by atoms with van der Waals surface area (Å²) in [6, 6.07) is 13.0. The van der Waals surface area contributed by atoms with Crippen molar-refractivity contribution in [3.63, 3.8) is 0 Å². The van der Waals surface area contributed by atoms with Gasteiger partial charge in [0.1, 0.15) is 22.9 Å². The largest absolute Gasteiger partial charge is 0.497 e. The Kier molecular flexibility index (Phi) is 6.31. The summed E-state index contributed by atoms with van der Waals surface area (Å²) in [5, 5.41) is 7.52. The topological polar surface area (TPSA) is 71.8 Å². The van der Waals surface area contributed by atoms with E-state index >= 15 is 0 Å². The minimum atomic E-state index is -0.661. The first-order valence-corrected chi connectivity index (χ1v) is 11.5. The third kappa shape index (κ3) is 4.94. The summed E-state index contributed by atoms with van der Waals surface area (Å²) in [6.07, 6.45) is 5.06. The lowest BCUT2D eigenvalue weighted by Crippen LogP contribution is -2.43. The molecule has 0 radical (unpaired) electrons. The molecular weight excluding hydrogens is 452 g/mol. The minimum Gasteiger partial charge on any atom is -0.497 e. The van der Waals surface area contributed by atoms with E-state index in [1.807, 2.05) is 30.3 Å². The Hall–Kier alpha value is -4.01. The number of carbonyl (C=O) groups is 1. The number of rotatable bonds is 6. The number of ether oxygens (including phenoxy) is 1. The third-order valence-electron chi connectivity index (χ3n) is 6.22. The molecule has 1 N–H and O–H groups in total. The summed E-state index contributed by atoms with van der Waals surface area (Å²) in [4.78, 5) is 19.6. The highest BCUT2D eigenvalue weighted by atomic mass is 19.1. The Labute approximate surface area is 201 Å². The molecule has 7 nitrogen and oxygen atoms in total. The van der Waals surface area contributed by atoms with E-state index in [4.69, 9.17) is 9.84 Å². The highest BCUT2D eigenvalue weighted by molar-refractivity contribution is 5.81. The highest BCUT2D eigenvalue weighted by Gasteiger charge is 2.28. The molecule has 1 amide bonds. The van der Waals surface area contributed by atoms with Crippen LogP contribution in [0.15, 0.2) is 60.9 Å². The van der Waals surface area contributed by atoms with Crippen LogP contribution in [0.5, 0.6) is 5.75 Å². The fourth-order valence-corrected chi connectivity index (χ4v) is 4.51. The van der Waals surface area contributed by atoms with Crippen molar-refractivity contribution in [1.82, 2.24) is 19.9 Å². The number of fused-ring (bicyclic) bond motifs is 1. The fraction of sp³-hybridized carbons (Fsp3) is 0.269. The maximum absolute atomic E-state index is 13.4. The van der Waals surface area contributed by atoms with Gasteiger partial charge in [0.15, 0.2) is 5.82 Å². The van der Waals surface area contributed by atoms with Gasteiger partial charge < -0.3 is 15.0 Å². The van der Waals surface area contributed by atoms with Crippen molar-refractivity contribution < 1.29 is 18.3 Å². The maximum atomic E-state index is 13.4. The van der Waals surface area contributed by atoms with Gasteiger partial charge in [0.2, 0.25) is 5.91 Å². The van der Waals surface area contributed by atoms with Crippen LogP contribution in [-0.4, -0.2) is 40.7 Å². The fourth-order valence-electron chi connectivity index (χ4n) is 4.51. The molecule has 1 fully saturated rings. The molecule has 0 aliphatic carbocycles. The van der Waals surface area contributed by atoms with Crippen LogP contribution in [-0.2, 0) is 11.3 Å². The Bertz CT molecular complexity index is 1350. The number of piperidine rings is 1. The van der Waals surface area contributed by atoms with E-state index in [1.165, 1.54) is 12.1 Å². The summed E-state index contributed by atoms with van der Waals surface area (Å²) in [5.74, 6) is -0.206. The smallest absolute Gasteiger partial charge is 0.225 e. The highest BCUT2D eigenvalue weighted by Crippen LogP contribution is 2.29. The SMILES string of the molecule is COc1cccc(-c2cc3c(N4CCC[C@@H](C(=O)NCc5cc(F)cc(F)c5)C4)nccn3n2)c1. The summed E-state index contributed by atoms with van der Waals surface area (Å²) >= 11 is 0. The molecule has 1 aliphatic rings. The molecule has 5 rings (SSSR count). The van der Waals surface area contributed by atoms with Gasteiger partial charge in [-0.3, -0.25) is 4.79 Å². The van der Waals surface area contributed by atoms with Crippen LogP contribution in [0.2, 0.25) is 0 Å². The molecule has 2 aromatic heterocycles. The molecule has 4 aromatic rings. The minimum absolute atomic E-state index is 0.0738. The van der Waals surface area contributed by atoms with Gasteiger partial charge in [0, 0.05) is 43.7 Å². The van der Waals surface area contributed by atoms with Gasteiger partial charge in [-0.25, -0.2) is 18.3 Å². The van der Waals surface area contributed by atoms with Crippen LogP contribution in [0, 0.1) is 17.6 Å². The standard InChI is InChI=1S/C26H25F2N5O2/c1-35-22-6-2-4-18(12-22)23-14-24-25(29-7-9-33(24)31-23)32-8-3-5-19(16-32)26(34)30-15-17-10-20(27)13-21(28)11-17/h2,4,6-7,9-14,19H,3,5,8,15-16H2,1H3,(H,30,34)/t19-/m1/s1. The van der Waals surface area contributed by atoms with Crippen molar-refractivity contribution in [3.8, 4) is 17.0 Å². The molecule has 0 saturated carbocycles. The molecule has 9 heteroatoms. The van der Waals surface area contributed by atoms with Crippen LogP contribution < -0.4 is 15.0 Å². The Morgan fingerprint density at radius 3 is 2.80 bits per heavy atom. The van der Waals surface area contributed by atoms with Crippen molar-refractivity contribution in [2.24, 2.45) is 5.92 Å². The molecule has 0 bridgehead atoms. The second-order valence-corrected chi connectivity index (χ2v) is 8.62. The van der Waals surface area contributed by atoms with Gasteiger partial charge in [-0.2, -0.15) is 5.10 Å². The number of carbonyl (C=O) groups excluding carboxylic acids is 1. The van der Waals surface area contributed by atoms with Gasteiger partial charge >= 0.3 is 0 Å². The van der Waals surface area contributed by atoms with Gasteiger partial charge in [-0.15, -0.1) is 0 Å². The number of aromatic nitrogens is 3. The van der Waals surface area contributed by atoms with Crippen molar-refractivity contribution in [3.05, 3.63) is 78.1 Å². The Morgan fingerprint density at radius 2 is 2.00 bits per heavy atom. The lowest BCUT2D eigenvalue weighted by atomic mass is 9.97. The maximum Gasteiger partial charge on any atom is 0.225 e. The first kappa shape index (κ1) is 22.8.